The maximum Gasteiger partial charge on any atom is 0.257 e. The van der Waals surface area contributed by atoms with Crippen molar-refractivity contribution < 1.29 is 9.18 Å². The van der Waals surface area contributed by atoms with Crippen LogP contribution in [0.4, 0.5) is 10.2 Å². The number of hydrogen-bond donors (Lipinski definition) is 2. The van der Waals surface area contributed by atoms with Crippen LogP contribution in [0.3, 0.4) is 0 Å². The van der Waals surface area contributed by atoms with Crippen molar-refractivity contribution in [3.05, 3.63) is 64.9 Å². The zero-order chi connectivity index (χ0) is 18.0. The van der Waals surface area contributed by atoms with Crippen molar-refractivity contribution in [2.45, 2.75) is 27.2 Å². The number of benzene rings is 1. The highest BCUT2D eigenvalue weighted by molar-refractivity contribution is 6.05. The van der Waals surface area contributed by atoms with E-state index in [9.17, 15) is 9.18 Å². The van der Waals surface area contributed by atoms with Crippen molar-refractivity contribution in [3.63, 3.8) is 0 Å². The van der Waals surface area contributed by atoms with E-state index in [1.807, 2.05) is 20.8 Å². The largest absolute Gasteiger partial charge is 0.305 e. The van der Waals surface area contributed by atoms with Gasteiger partial charge in [0, 0.05) is 28.2 Å². The molecule has 1 amide bonds. The summed E-state index contributed by atoms with van der Waals surface area (Å²) in [7, 11) is 0. The molecular weight excluding hydrogens is 319 g/mol. The molecule has 5 nitrogen and oxygen atoms in total. The smallest absolute Gasteiger partial charge is 0.257 e. The summed E-state index contributed by atoms with van der Waals surface area (Å²) in [6, 6.07) is 9.60. The van der Waals surface area contributed by atoms with E-state index in [0.29, 0.717) is 17.8 Å². The van der Waals surface area contributed by atoms with Gasteiger partial charge in [0.15, 0.2) is 5.82 Å². The molecule has 0 radical (unpaired) electrons. The SMILES string of the molecule is CCc1[nH]nc(NC(=O)c2cc(C)nc(C)c2)c1-c1ccc(F)cc1. The summed E-state index contributed by atoms with van der Waals surface area (Å²) in [4.78, 5) is 16.9. The summed E-state index contributed by atoms with van der Waals surface area (Å²) in [5.74, 6) is -0.134. The summed E-state index contributed by atoms with van der Waals surface area (Å²) in [6.45, 7) is 5.68. The first kappa shape index (κ1) is 16.8. The number of carbonyl (C=O) groups is 1. The molecule has 0 saturated heterocycles. The Kier molecular flexibility index (Phi) is 4.61. The summed E-state index contributed by atoms with van der Waals surface area (Å²) in [5, 5.41) is 10.0. The van der Waals surface area contributed by atoms with Gasteiger partial charge in [-0.25, -0.2) is 4.39 Å². The quantitative estimate of drug-likeness (QED) is 0.754. The number of anilines is 1. The average Bonchev–Trinajstić information content (AvgIpc) is 2.97. The van der Waals surface area contributed by atoms with Gasteiger partial charge in [0.05, 0.1) is 0 Å². The van der Waals surface area contributed by atoms with Crippen LogP contribution >= 0.6 is 0 Å². The fourth-order valence-electron chi connectivity index (χ4n) is 2.80. The number of carbonyl (C=O) groups excluding carboxylic acids is 1. The number of pyridine rings is 1. The molecule has 0 bridgehead atoms. The second kappa shape index (κ2) is 6.84. The second-order valence-corrected chi connectivity index (χ2v) is 5.88. The van der Waals surface area contributed by atoms with Crippen LogP contribution in [0.1, 0.15) is 34.4 Å². The maximum absolute atomic E-state index is 13.2. The van der Waals surface area contributed by atoms with Crippen LogP contribution in [0, 0.1) is 19.7 Å². The van der Waals surface area contributed by atoms with Crippen molar-refractivity contribution in [2.24, 2.45) is 0 Å². The van der Waals surface area contributed by atoms with E-state index in [1.54, 1.807) is 24.3 Å². The molecule has 3 aromatic rings. The lowest BCUT2D eigenvalue weighted by atomic mass is 10.0. The van der Waals surface area contributed by atoms with Crippen LogP contribution < -0.4 is 5.32 Å². The number of rotatable bonds is 4. The van der Waals surface area contributed by atoms with E-state index in [2.05, 4.69) is 20.5 Å². The molecule has 128 valence electrons. The van der Waals surface area contributed by atoms with Crippen LogP contribution in [0.5, 0.6) is 0 Å². The van der Waals surface area contributed by atoms with Crippen molar-refractivity contribution in [2.75, 3.05) is 5.32 Å². The van der Waals surface area contributed by atoms with Crippen LogP contribution in [0.2, 0.25) is 0 Å². The molecule has 6 heteroatoms. The Bertz CT molecular complexity index is 895. The maximum atomic E-state index is 13.2. The molecule has 3 rings (SSSR count). The standard InChI is InChI=1S/C19H19FN4O/c1-4-16-17(13-5-7-15(20)8-6-13)18(24-23-16)22-19(25)14-9-11(2)21-12(3)10-14/h5-10H,4H2,1-3H3,(H2,22,23,24,25). The van der Waals surface area contributed by atoms with Crippen molar-refractivity contribution in [1.82, 2.24) is 15.2 Å². The minimum atomic E-state index is -0.307. The van der Waals surface area contributed by atoms with Gasteiger partial charge in [-0.15, -0.1) is 0 Å². The van der Waals surface area contributed by atoms with E-state index in [1.165, 1.54) is 12.1 Å². The lowest BCUT2D eigenvalue weighted by molar-refractivity contribution is 0.102. The Labute approximate surface area is 145 Å². The lowest BCUT2D eigenvalue weighted by Gasteiger charge is -2.08. The van der Waals surface area contributed by atoms with Gasteiger partial charge in [-0.2, -0.15) is 5.10 Å². The Morgan fingerprint density at radius 3 is 2.40 bits per heavy atom. The van der Waals surface area contributed by atoms with E-state index in [-0.39, 0.29) is 11.7 Å². The third-order valence-electron chi connectivity index (χ3n) is 3.90. The van der Waals surface area contributed by atoms with Gasteiger partial charge in [-0.3, -0.25) is 14.9 Å². The minimum Gasteiger partial charge on any atom is -0.305 e. The lowest BCUT2D eigenvalue weighted by Crippen LogP contribution is -2.14. The molecule has 2 N–H and O–H groups in total. The summed E-state index contributed by atoms with van der Waals surface area (Å²) in [6.07, 6.45) is 0.711. The number of aromatic amines is 1. The van der Waals surface area contributed by atoms with Gasteiger partial charge in [-0.05, 0) is 50.1 Å². The fraction of sp³-hybridized carbons (Fsp3) is 0.211. The number of nitrogens with one attached hydrogen (secondary N) is 2. The molecule has 0 aliphatic rings. The van der Waals surface area contributed by atoms with E-state index < -0.39 is 0 Å². The number of hydrogen-bond acceptors (Lipinski definition) is 3. The van der Waals surface area contributed by atoms with Crippen LogP contribution in [0.25, 0.3) is 11.1 Å². The molecule has 0 aliphatic carbocycles. The Morgan fingerprint density at radius 2 is 1.80 bits per heavy atom. The summed E-state index contributed by atoms with van der Waals surface area (Å²) in [5.41, 5.74) is 4.53. The van der Waals surface area contributed by atoms with E-state index in [4.69, 9.17) is 0 Å². The Balaban J connectivity index is 1.96. The van der Waals surface area contributed by atoms with E-state index in [0.717, 1.165) is 28.2 Å². The Morgan fingerprint density at radius 1 is 1.16 bits per heavy atom. The first-order valence-corrected chi connectivity index (χ1v) is 8.07. The third kappa shape index (κ3) is 3.57. The molecule has 0 spiro atoms. The predicted molar refractivity (Wildman–Crippen MR) is 95.0 cm³/mol. The van der Waals surface area contributed by atoms with Gasteiger partial charge in [-0.1, -0.05) is 19.1 Å². The average molecular weight is 338 g/mol. The van der Waals surface area contributed by atoms with Crippen LogP contribution in [0.15, 0.2) is 36.4 Å². The van der Waals surface area contributed by atoms with Gasteiger partial charge in [0.25, 0.3) is 5.91 Å². The number of aryl methyl sites for hydroxylation is 3. The number of amides is 1. The first-order valence-electron chi connectivity index (χ1n) is 8.07. The topological polar surface area (TPSA) is 70.7 Å². The molecule has 0 unspecified atom stereocenters. The molecule has 25 heavy (non-hydrogen) atoms. The number of nitrogens with zero attached hydrogens (tertiary/aromatic N) is 2. The van der Waals surface area contributed by atoms with Gasteiger partial charge in [0.1, 0.15) is 5.82 Å². The number of halogens is 1. The summed E-state index contributed by atoms with van der Waals surface area (Å²) >= 11 is 0. The minimum absolute atomic E-state index is 0.258. The molecule has 0 fully saturated rings. The third-order valence-corrected chi connectivity index (χ3v) is 3.90. The van der Waals surface area contributed by atoms with Gasteiger partial charge >= 0.3 is 0 Å². The molecule has 0 saturated carbocycles. The fourth-order valence-corrected chi connectivity index (χ4v) is 2.80. The second-order valence-electron chi connectivity index (χ2n) is 5.88. The van der Waals surface area contributed by atoms with Crippen LogP contribution in [-0.2, 0) is 6.42 Å². The predicted octanol–water partition coefficient (Wildman–Crippen LogP) is 4.04. The zero-order valence-corrected chi connectivity index (χ0v) is 14.4. The molecule has 0 aliphatic heterocycles. The van der Waals surface area contributed by atoms with Crippen molar-refractivity contribution in [1.29, 1.82) is 0 Å². The zero-order valence-electron chi connectivity index (χ0n) is 14.4. The molecule has 2 aromatic heterocycles. The molecule has 2 heterocycles. The highest BCUT2D eigenvalue weighted by atomic mass is 19.1. The van der Waals surface area contributed by atoms with Crippen LogP contribution in [-0.4, -0.2) is 21.1 Å². The number of aromatic nitrogens is 3. The van der Waals surface area contributed by atoms with E-state index >= 15 is 0 Å². The summed E-state index contributed by atoms with van der Waals surface area (Å²) < 4.78 is 13.2. The first-order chi connectivity index (χ1) is 12.0. The highest BCUT2D eigenvalue weighted by Gasteiger charge is 2.17. The van der Waals surface area contributed by atoms with Crippen molar-refractivity contribution in [3.8, 4) is 11.1 Å². The van der Waals surface area contributed by atoms with Gasteiger partial charge < -0.3 is 5.32 Å². The Hall–Kier alpha value is -3.02. The monoisotopic (exact) mass is 338 g/mol. The molecule has 0 atom stereocenters. The van der Waals surface area contributed by atoms with Crippen molar-refractivity contribution >= 4 is 11.7 Å². The normalized spacial score (nSPS) is 10.7. The molecular formula is C19H19FN4O. The van der Waals surface area contributed by atoms with Gasteiger partial charge in [0.2, 0.25) is 0 Å². The number of H-pyrrole nitrogens is 1. The molecule has 1 aromatic carbocycles. The highest BCUT2D eigenvalue weighted by Crippen LogP contribution is 2.30.